The Hall–Kier alpha value is -0.910. The van der Waals surface area contributed by atoms with E-state index in [1.165, 1.54) is 0 Å². The molecule has 0 aliphatic rings. The summed E-state index contributed by atoms with van der Waals surface area (Å²) in [5.41, 5.74) is 0.385. The summed E-state index contributed by atoms with van der Waals surface area (Å²) in [6.07, 6.45) is 0.548. The van der Waals surface area contributed by atoms with E-state index in [0.29, 0.717) is 31.8 Å². The average Bonchev–Trinajstić information content (AvgIpc) is 2.26. The average molecular weight is 218 g/mol. The lowest BCUT2D eigenvalue weighted by molar-refractivity contribution is -0.272. The Morgan fingerprint density at radius 1 is 1.20 bits per heavy atom. The van der Waals surface area contributed by atoms with Gasteiger partial charge >= 0.3 is 5.97 Å². The Morgan fingerprint density at radius 2 is 1.87 bits per heavy atom. The maximum Gasteiger partial charge on any atom is 0.368 e. The molecule has 0 unspecified atom stereocenters. The summed E-state index contributed by atoms with van der Waals surface area (Å²) in [5, 5.41) is 0. The molecular weight excluding hydrogens is 200 g/mol. The molecule has 0 aromatic heterocycles. The van der Waals surface area contributed by atoms with Crippen molar-refractivity contribution in [2.75, 3.05) is 33.5 Å². The zero-order valence-corrected chi connectivity index (χ0v) is 9.28. The van der Waals surface area contributed by atoms with Crippen LogP contribution in [-0.2, 0) is 24.0 Å². The second-order valence-electron chi connectivity index (χ2n) is 2.76. The molecule has 0 aliphatic carbocycles. The van der Waals surface area contributed by atoms with Crippen molar-refractivity contribution in [3.8, 4) is 0 Å². The quantitative estimate of drug-likeness (QED) is 0.251. The van der Waals surface area contributed by atoms with Gasteiger partial charge in [-0.15, -0.1) is 0 Å². The van der Waals surface area contributed by atoms with Crippen LogP contribution in [0.5, 0.6) is 0 Å². The first-order chi connectivity index (χ1) is 7.22. The molecule has 0 spiro atoms. The van der Waals surface area contributed by atoms with E-state index < -0.39 is 5.97 Å². The topological polar surface area (TPSA) is 54.0 Å². The predicted octanol–water partition coefficient (Wildman–Crippen LogP) is 1.09. The maximum absolute atomic E-state index is 11.0. The number of carbonyl (C=O) groups excluding carboxylic acids is 1. The van der Waals surface area contributed by atoms with Gasteiger partial charge in [-0.1, -0.05) is 13.5 Å². The van der Waals surface area contributed by atoms with Gasteiger partial charge in [0.1, 0.15) is 6.61 Å². The smallest absolute Gasteiger partial charge is 0.368 e. The van der Waals surface area contributed by atoms with Crippen LogP contribution in [0.15, 0.2) is 12.2 Å². The van der Waals surface area contributed by atoms with E-state index in [1.54, 1.807) is 7.11 Å². The molecule has 15 heavy (non-hydrogen) atoms. The number of carbonyl (C=O) groups is 1. The van der Waals surface area contributed by atoms with Crippen LogP contribution >= 0.6 is 0 Å². The maximum atomic E-state index is 11.0. The molecule has 0 N–H and O–H groups in total. The molecule has 88 valence electrons. The van der Waals surface area contributed by atoms with Gasteiger partial charge in [0, 0.05) is 12.7 Å². The summed E-state index contributed by atoms with van der Waals surface area (Å²) >= 11 is 0. The first-order valence-corrected chi connectivity index (χ1v) is 4.80. The molecule has 5 nitrogen and oxygen atoms in total. The van der Waals surface area contributed by atoms with Crippen molar-refractivity contribution in [2.45, 2.75) is 13.3 Å². The molecule has 0 aromatic rings. The highest BCUT2D eigenvalue weighted by molar-refractivity contribution is 5.87. The summed E-state index contributed by atoms with van der Waals surface area (Å²) < 4.78 is 9.85. The van der Waals surface area contributed by atoms with Gasteiger partial charge in [-0.2, -0.15) is 4.89 Å². The van der Waals surface area contributed by atoms with Crippen LogP contribution in [0.2, 0.25) is 0 Å². The highest BCUT2D eigenvalue weighted by Gasteiger charge is 2.06. The van der Waals surface area contributed by atoms with E-state index in [0.717, 1.165) is 0 Å². The van der Waals surface area contributed by atoms with Crippen LogP contribution in [0, 0.1) is 0 Å². The van der Waals surface area contributed by atoms with Gasteiger partial charge in [0.2, 0.25) is 0 Å². The van der Waals surface area contributed by atoms with Crippen molar-refractivity contribution >= 4 is 5.97 Å². The fraction of sp³-hybridized carbons (Fsp3) is 0.700. The number of hydrogen-bond donors (Lipinski definition) is 0. The molecule has 0 atom stereocenters. The van der Waals surface area contributed by atoms with Gasteiger partial charge < -0.3 is 9.47 Å². The molecule has 0 saturated heterocycles. The van der Waals surface area contributed by atoms with Crippen LogP contribution in [-0.4, -0.2) is 39.5 Å². The number of hydrogen-bond acceptors (Lipinski definition) is 5. The lowest BCUT2D eigenvalue weighted by atomic mass is 10.2. The minimum atomic E-state index is -0.533. The van der Waals surface area contributed by atoms with Crippen molar-refractivity contribution in [3.05, 3.63) is 12.2 Å². The van der Waals surface area contributed by atoms with E-state index >= 15 is 0 Å². The monoisotopic (exact) mass is 218 g/mol. The van der Waals surface area contributed by atoms with Crippen molar-refractivity contribution in [1.29, 1.82) is 0 Å². The zero-order chi connectivity index (χ0) is 11.5. The molecule has 0 saturated carbocycles. The van der Waals surface area contributed by atoms with Crippen LogP contribution in [0.25, 0.3) is 0 Å². The Morgan fingerprint density at radius 3 is 2.47 bits per heavy atom. The van der Waals surface area contributed by atoms with Crippen LogP contribution < -0.4 is 0 Å². The fourth-order valence-corrected chi connectivity index (χ4v) is 0.636. The Labute approximate surface area is 89.9 Å². The highest BCUT2D eigenvalue weighted by Crippen LogP contribution is 1.99. The molecule has 0 amide bonds. The molecule has 0 fully saturated rings. The van der Waals surface area contributed by atoms with Crippen molar-refractivity contribution < 1.29 is 24.0 Å². The lowest BCUT2D eigenvalue weighted by Crippen LogP contribution is -2.12. The van der Waals surface area contributed by atoms with Crippen LogP contribution in [0.4, 0.5) is 0 Å². The fourth-order valence-electron chi connectivity index (χ4n) is 0.636. The summed E-state index contributed by atoms with van der Waals surface area (Å²) in [5.74, 6) is -0.533. The molecule has 0 rings (SSSR count). The van der Waals surface area contributed by atoms with Gasteiger partial charge in [-0.25, -0.2) is 4.79 Å². The Kier molecular flexibility index (Phi) is 9.05. The molecule has 0 aromatic carbocycles. The Bertz CT molecular complexity index is 190. The van der Waals surface area contributed by atoms with Crippen molar-refractivity contribution in [1.82, 2.24) is 0 Å². The van der Waals surface area contributed by atoms with Crippen LogP contribution in [0.3, 0.4) is 0 Å². The second kappa shape index (κ2) is 9.64. The second-order valence-corrected chi connectivity index (χ2v) is 2.76. The highest BCUT2D eigenvalue weighted by atomic mass is 17.2. The molecular formula is C10H18O5. The third-order valence-corrected chi connectivity index (χ3v) is 1.59. The predicted molar refractivity (Wildman–Crippen MR) is 54.2 cm³/mol. The Balaban J connectivity index is 3.24. The summed E-state index contributed by atoms with van der Waals surface area (Å²) in [6.45, 7) is 6.91. The summed E-state index contributed by atoms with van der Waals surface area (Å²) in [7, 11) is 1.60. The molecule has 0 radical (unpaired) electrons. The lowest BCUT2D eigenvalue weighted by Gasteiger charge is -2.05. The van der Waals surface area contributed by atoms with Crippen LogP contribution in [0.1, 0.15) is 13.3 Å². The summed E-state index contributed by atoms with van der Waals surface area (Å²) in [4.78, 5) is 20.1. The van der Waals surface area contributed by atoms with Crippen molar-refractivity contribution in [2.24, 2.45) is 0 Å². The van der Waals surface area contributed by atoms with E-state index in [1.807, 2.05) is 6.92 Å². The van der Waals surface area contributed by atoms with E-state index in [-0.39, 0.29) is 6.61 Å². The first-order valence-electron chi connectivity index (χ1n) is 4.80. The van der Waals surface area contributed by atoms with Gasteiger partial charge in [0.05, 0.1) is 19.8 Å². The van der Waals surface area contributed by atoms with Gasteiger partial charge in [-0.3, -0.25) is 4.89 Å². The van der Waals surface area contributed by atoms with Crippen molar-refractivity contribution in [3.63, 3.8) is 0 Å². The largest absolute Gasteiger partial charge is 0.382 e. The number of rotatable bonds is 9. The molecule has 0 bridgehead atoms. The molecule has 0 heterocycles. The normalized spacial score (nSPS) is 10.0. The van der Waals surface area contributed by atoms with E-state index in [4.69, 9.17) is 9.47 Å². The molecule has 0 aliphatic heterocycles. The van der Waals surface area contributed by atoms with E-state index in [9.17, 15) is 4.79 Å². The minimum absolute atomic E-state index is 0.201. The number of methoxy groups -OCH3 is 1. The zero-order valence-electron chi connectivity index (χ0n) is 9.28. The third-order valence-electron chi connectivity index (χ3n) is 1.59. The summed E-state index contributed by atoms with van der Waals surface area (Å²) in [6, 6.07) is 0. The number of ether oxygens (including phenoxy) is 2. The van der Waals surface area contributed by atoms with Gasteiger partial charge in [0.25, 0.3) is 0 Å². The SMILES string of the molecule is C=C(CC)C(=O)OOCCOCCOC. The van der Waals surface area contributed by atoms with Gasteiger partial charge in [0.15, 0.2) is 0 Å². The molecule has 5 heteroatoms. The van der Waals surface area contributed by atoms with Gasteiger partial charge in [-0.05, 0) is 6.42 Å². The van der Waals surface area contributed by atoms with E-state index in [2.05, 4.69) is 16.4 Å². The standard InChI is InChI=1S/C10H18O5/c1-4-9(2)10(11)15-14-8-7-13-6-5-12-3/h2,4-8H2,1,3H3. The first kappa shape index (κ1) is 14.1. The third kappa shape index (κ3) is 8.11. The minimum Gasteiger partial charge on any atom is -0.382 e.